The highest BCUT2D eigenvalue weighted by Crippen LogP contribution is 2.24. The standard InChI is InChI=1S/C11H10BrN/c12-10-6-7-13-11(8-10)9-4-2-1-3-5-9/h1-4,6-9H,5H2. The molecule has 1 aromatic heterocycles. The molecule has 0 saturated heterocycles. The van der Waals surface area contributed by atoms with Gasteiger partial charge in [0.1, 0.15) is 0 Å². The zero-order chi connectivity index (χ0) is 9.10. The van der Waals surface area contributed by atoms with Crippen molar-refractivity contribution in [2.75, 3.05) is 0 Å². The first-order valence-electron chi connectivity index (χ1n) is 4.31. The molecule has 1 aliphatic rings. The van der Waals surface area contributed by atoms with Gasteiger partial charge >= 0.3 is 0 Å². The molecule has 13 heavy (non-hydrogen) atoms. The van der Waals surface area contributed by atoms with E-state index in [2.05, 4.69) is 51.3 Å². The minimum Gasteiger partial charge on any atom is -0.261 e. The minimum atomic E-state index is 0.447. The number of hydrogen-bond acceptors (Lipinski definition) is 1. The first-order valence-corrected chi connectivity index (χ1v) is 5.10. The van der Waals surface area contributed by atoms with Crippen molar-refractivity contribution in [2.24, 2.45) is 0 Å². The number of hydrogen-bond donors (Lipinski definition) is 0. The van der Waals surface area contributed by atoms with Crippen LogP contribution in [0.15, 0.2) is 47.1 Å². The van der Waals surface area contributed by atoms with Gasteiger partial charge in [-0.15, -0.1) is 0 Å². The molecule has 1 unspecified atom stereocenters. The van der Waals surface area contributed by atoms with Crippen LogP contribution in [0.2, 0.25) is 0 Å². The summed E-state index contributed by atoms with van der Waals surface area (Å²) in [6, 6.07) is 4.03. The summed E-state index contributed by atoms with van der Waals surface area (Å²) >= 11 is 3.45. The predicted octanol–water partition coefficient (Wildman–Crippen LogP) is 3.44. The Balaban J connectivity index is 2.25. The molecule has 2 rings (SSSR count). The first kappa shape index (κ1) is 8.70. The fourth-order valence-corrected chi connectivity index (χ4v) is 1.78. The van der Waals surface area contributed by atoms with Crippen LogP contribution < -0.4 is 0 Å². The number of rotatable bonds is 1. The van der Waals surface area contributed by atoms with Gasteiger partial charge in [0.15, 0.2) is 0 Å². The van der Waals surface area contributed by atoms with Gasteiger partial charge in [0.25, 0.3) is 0 Å². The number of aromatic nitrogens is 1. The zero-order valence-corrected chi connectivity index (χ0v) is 8.74. The smallest absolute Gasteiger partial charge is 0.0486 e. The zero-order valence-electron chi connectivity index (χ0n) is 7.15. The molecule has 0 aromatic carbocycles. The highest BCUT2D eigenvalue weighted by molar-refractivity contribution is 9.10. The third-order valence-electron chi connectivity index (χ3n) is 2.10. The van der Waals surface area contributed by atoms with Crippen LogP contribution in [-0.4, -0.2) is 4.98 Å². The van der Waals surface area contributed by atoms with E-state index in [0.29, 0.717) is 5.92 Å². The van der Waals surface area contributed by atoms with Crippen LogP contribution >= 0.6 is 15.9 Å². The summed E-state index contributed by atoms with van der Waals surface area (Å²) in [5.41, 5.74) is 1.13. The van der Waals surface area contributed by atoms with E-state index in [1.54, 1.807) is 0 Å². The largest absolute Gasteiger partial charge is 0.261 e. The predicted molar refractivity (Wildman–Crippen MR) is 57.6 cm³/mol. The van der Waals surface area contributed by atoms with Gasteiger partial charge in [0.05, 0.1) is 0 Å². The third-order valence-corrected chi connectivity index (χ3v) is 2.60. The molecular formula is C11H10BrN. The maximum Gasteiger partial charge on any atom is 0.0486 e. The van der Waals surface area contributed by atoms with Crippen molar-refractivity contribution in [3.63, 3.8) is 0 Å². The van der Waals surface area contributed by atoms with Gasteiger partial charge in [0, 0.05) is 22.3 Å². The van der Waals surface area contributed by atoms with Crippen LogP contribution in [0.5, 0.6) is 0 Å². The Hall–Kier alpha value is -0.890. The summed E-state index contributed by atoms with van der Waals surface area (Å²) in [6.45, 7) is 0. The molecule has 1 aliphatic carbocycles. The van der Waals surface area contributed by atoms with Gasteiger partial charge in [-0.05, 0) is 18.6 Å². The molecule has 0 spiro atoms. The third kappa shape index (κ3) is 2.07. The van der Waals surface area contributed by atoms with E-state index < -0.39 is 0 Å². The molecule has 0 amide bonds. The molecule has 0 bridgehead atoms. The van der Waals surface area contributed by atoms with E-state index in [-0.39, 0.29) is 0 Å². The van der Waals surface area contributed by atoms with Gasteiger partial charge in [-0.3, -0.25) is 4.98 Å². The Morgan fingerprint density at radius 1 is 1.38 bits per heavy atom. The second-order valence-corrected chi connectivity index (χ2v) is 3.97. The monoisotopic (exact) mass is 235 g/mol. The van der Waals surface area contributed by atoms with Crippen LogP contribution in [0.25, 0.3) is 0 Å². The van der Waals surface area contributed by atoms with Crippen LogP contribution in [0.4, 0.5) is 0 Å². The Bertz CT molecular complexity index is 355. The summed E-state index contributed by atoms with van der Waals surface area (Å²) in [7, 11) is 0. The fourth-order valence-electron chi connectivity index (χ4n) is 1.42. The lowest BCUT2D eigenvalue weighted by molar-refractivity contribution is 0.814. The Kier molecular flexibility index (Phi) is 2.60. The molecule has 66 valence electrons. The van der Waals surface area contributed by atoms with Crippen LogP contribution in [0, 0.1) is 0 Å². The second kappa shape index (κ2) is 3.88. The highest BCUT2D eigenvalue weighted by atomic mass is 79.9. The average molecular weight is 236 g/mol. The van der Waals surface area contributed by atoms with Crippen LogP contribution in [0.1, 0.15) is 18.0 Å². The number of allylic oxidation sites excluding steroid dienone is 4. The summed E-state index contributed by atoms with van der Waals surface area (Å²) in [5.74, 6) is 0.447. The average Bonchev–Trinajstić information content (AvgIpc) is 2.19. The first-order chi connectivity index (χ1) is 6.36. The number of pyridine rings is 1. The van der Waals surface area contributed by atoms with Gasteiger partial charge < -0.3 is 0 Å². The molecule has 1 atom stereocenters. The van der Waals surface area contributed by atoms with Gasteiger partial charge in [-0.2, -0.15) is 0 Å². The molecule has 2 heteroatoms. The second-order valence-electron chi connectivity index (χ2n) is 3.05. The van der Waals surface area contributed by atoms with Crippen molar-refractivity contribution in [1.82, 2.24) is 4.98 Å². The van der Waals surface area contributed by atoms with Crippen LogP contribution in [0.3, 0.4) is 0 Å². The Labute approximate surface area is 86.3 Å². The molecule has 0 fully saturated rings. The lowest BCUT2D eigenvalue weighted by Crippen LogP contribution is -1.98. The fraction of sp³-hybridized carbons (Fsp3) is 0.182. The van der Waals surface area contributed by atoms with E-state index in [4.69, 9.17) is 0 Å². The highest BCUT2D eigenvalue weighted by Gasteiger charge is 2.09. The van der Waals surface area contributed by atoms with Crippen molar-refractivity contribution in [2.45, 2.75) is 12.3 Å². The van der Waals surface area contributed by atoms with Crippen molar-refractivity contribution in [3.05, 3.63) is 52.8 Å². The molecular weight excluding hydrogens is 226 g/mol. The van der Waals surface area contributed by atoms with E-state index in [9.17, 15) is 0 Å². The lowest BCUT2D eigenvalue weighted by Gasteiger charge is -2.11. The number of nitrogens with zero attached hydrogens (tertiary/aromatic N) is 1. The van der Waals surface area contributed by atoms with Gasteiger partial charge in [-0.25, -0.2) is 0 Å². The van der Waals surface area contributed by atoms with Crippen molar-refractivity contribution >= 4 is 15.9 Å². The van der Waals surface area contributed by atoms with Crippen molar-refractivity contribution in [1.29, 1.82) is 0 Å². The summed E-state index contributed by atoms with van der Waals surface area (Å²) < 4.78 is 1.10. The lowest BCUT2D eigenvalue weighted by atomic mass is 9.97. The molecule has 0 aliphatic heterocycles. The van der Waals surface area contributed by atoms with Crippen molar-refractivity contribution in [3.8, 4) is 0 Å². The topological polar surface area (TPSA) is 12.9 Å². The number of halogens is 1. The summed E-state index contributed by atoms with van der Waals surface area (Å²) in [5, 5.41) is 0. The van der Waals surface area contributed by atoms with Crippen molar-refractivity contribution < 1.29 is 0 Å². The van der Waals surface area contributed by atoms with E-state index >= 15 is 0 Å². The maximum absolute atomic E-state index is 4.35. The van der Waals surface area contributed by atoms with Crippen LogP contribution in [-0.2, 0) is 0 Å². The molecule has 0 radical (unpaired) electrons. The normalized spacial score (nSPS) is 20.5. The summed E-state index contributed by atoms with van der Waals surface area (Å²) in [6.07, 6.45) is 11.4. The van der Waals surface area contributed by atoms with Gasteiger partial charge in [-0.1, -0.05) is 40.2 Å². The van der Waals surface area contributed by atoms with E-state index in [1.807, 2.05) is 12.3 Å². The van der Waals surface area contributed by atoms with Gasteiger partial charge in [0.2, 0.25) is 0 Å². The Morgan fingerprint density at radius 2 is 2.31 bits per heavy atom. The molecule has 0 saturated carbocycles. The molecule has 1 aromatic rings. The molecule has 0 N–H and O–H groups in total. The SMILES string of the molecule is Brc1ccnc(C2C=CC=CC2)c1. The van der Waals surface area contributed by atoms with E-state index in [1.165, 1.54) is 0 Å². The molecule has 1 heterocycles. The Morgan fingerprint density at radius 3 is 3.00 bits per heavy atom. The quantitative estimate of drug-likeness (QED) is 0.727. The summed E-state index contributed by atoms with van der Waals surface area (Å²) in [4.78, 5) is 4.35. The maximum atomic E-state index is 4.35. The minimum absolute atomic E-state index is 0.447. The molecule has 1 nitrogen and oxygen atoms in total. The van der Waals surface area contributed by atoms with E-state index in [0.717, 1.165) is 16.6 Å².